The summed E-state index contributed by atoms with van der Waals surface area (Å²) in [5.41, 5.74) is 2.39. The fraction of sp³-hybridized carbons (Fsp3) is 0.200. The van der Waals surface area contributed by atoms with E-state index in [2.05, 4.69) is 19.9 Å². The van der Waals surface area contributed by atoms with Crippen molar-refractivity contribution in [3.63, 3.8) is 0 Å². The Bertz CT molecular complexity index is 498. The zero-order valence-electron chi connectivity index (χ0n) is 10.4. The van der Waals surface area contributed by atoms with E-state index < -0.39 is 0 Å². The van der Waals surface area contributed by atoms with Crippen LogP contribution in [0, 0.1) is 13.8 Å². The van der Waals surface area contributed by atoms with Crippen molar-refractivity contribution in [2.75, 3.05) is 7.11 Å². The molecule has 0 saturated carbocycles. The first-order chi connectivity index (χ1) is 8.17. The predicted molar refractivity (Wildman–Crippen MR) is 69.0 cm³/mol. The monoisotopic (exact) mass is 228 g/mol. The van der Waals surface area contributed by atoms with Crippen LogP contribution in [0.25, 0.3) is 0 Å². The molecule has 0 aliphatic heterocycles. The fourth-order valence-electron chi connectivity index (χ4n) is 1.79. The zero-order chi connectivity index (χ0) is 12.3. The molecule has 0 aromatic heterocycles. The summed E-state index contributed by atoms with van der Waals surface area (Å²) in [4.78, 5) is 0. The smallest absolute Gasteiger partial charge is 0.131 e. The van der Waals surface area contributed by atoms with Crippen LogP contribution >= 0.6 is 0 Å². The van der Waals surface area contributed by atoms with Gasteiger partial charge in [0.25, 0.3) is 0 Å². The molecule has 0 saturated heterocycles. The lowest BCUT2D eigenvalue weighted by atomic mass is 10.1. The van der Waals surface area contributed by atoms with E-state index in [1.807, 2.05) is 36.4 Å². The molecule has 0 heterocycles. The van der Waals surface area contributed by atoms with Gasteiger partial charge in [-0.3, -0.25) is 0 Å². The van der Waals surface area contributed by atoms with Gasteiger partial charge in [-0.25, -0.2) is 0 Å². The second-order valence-corrected chi connectivity index (χ2v) is 4.10. The molecule has 0 unspecified atom stereocenters. The molecule has 2 nitrogen and oxygen atoms in total. The lowest BCUT2D eigenvalue weighted by molar-refractivity contribution is 0.409. The van der Waals surface area contributed by atoms with E-state index in [9.17, 15) is 0 Å². The standard InChI is InChI=1S/C15H16O2/c1-11-7-12(2)9-15(8-11)17-14-6-4-5-13(10-14)16-3/h4-10H,1-3H3. The Balaban J connectivity index is 2.24. The quantitative estimate of drug-likeness (QED) is 0.787. The molecular formula is C15H16O2. The number of hydrogen-bond acceptors (Lipinski definition) is 2. The summed E-state index contributed by atoms with van der Waals surface area (Å²) in [6.07, 6.45) is 0. The molecule has 2 aromatic rings. The van der Waals surface area contributed by atoms with Crippen molar-refractivity contribution in [1.29, 1.82) is 0 Å². The van der Waals surface area contributed by atoms with E-state index in [-0.39, 0.29) is 0 Å². The van der Waals surface area contributed by atoms with Gasteiger partial charge in [0, 0.05) is 6.07 Å². The van der Waals surface area contributed by atoms with Crippen LogP contribution in [0.1, 0.15) is 11.1 Å². The highest BCUT2D eigenvalue weighted by atomic mass is 16.5. The number of ether oxygens (including phenoxy) is 2. The lowest BCUT2D eigenvalue weighted by Crippen LogP contribution is -1.88. The van der Waals surface area contributed by atoms with Crippen LogP contribution in [-0.2, 0) is 0 Å². The van der Waals surface area contributed by atoms with E-state index >= 15 is 0 Å². The third-order valence-electron chi connectivity index (χ3n) is 2.47. The normalized spacial score (nSPS) is 10.1. The van der Waals surface area contributed by atoms with Gasteiger partial charge in [0.15, 0.2) is 0 Å². The van der Waals surface area contributed by atoms with Crippen molar-refractivity contribution >= 4 is 0 Å². The largest absolute Gasteiger partial charge is 0.497 e. The first kappa shape index (κ1) is 11.5. The Hall–Kier alpha value is -1.96. The zero-order valence-corrected chi connectivity index (χ0v) is 10.4. The maximum absolute atomic E-state index is 5.80. The minimum Gasteiger partial charge on any atom is -0.497 e. The average Bonchev–Trinajstić information content (AvgIpc) is 2.28. The van der Waals surface area contributed by atoms with Crippen LogP contribution in [0.5, 0.6) is 17.2 Å². The van der Waals surface area contributed by atoms with Crippen LogP contribution < -0.4 is 9.47 Å². The molecule has 88 valence electrons. The molecule has 0 fully saturated rings. The fourth-order valence-corrected chi connectivity index (χ4v) is 1.79. The van der Waals surface area contributed by atoms with Gasteiger partial charge in [-0.05, 0) is 49.2 Å². The third kappa shape index (κ3) is 3.00. The Morgan fingerprint density at radius 1 is 0.765 bits per heavy atom. The molecule has 0 radical (unpaired) electrons. The second kappa shape index (κ2) is 4.91. The molecule has 0 aliphatic carbocycles. The van der Waals surface area contributed by atoms with E-state index in [0.29, 0.717) is 0 Å². The molecule has 0 spiro atoms. The molecule has 2 rings (SSSR count). The van der Waals surface area contributed by atoms with Gasteiger partial charge >= 0.3 is 0 Å². The average molecular weight is 228 g/mol. The van der Waals surface area contributed by atoms with Crippen molar-refractivity contribution in [3.8, 4) is 17.2 Å². The van der Waals surface area contributed by atoms with Crippen LogP contribution in [0.15, 0.2) is 42.5 Å². The Morgan fingerprint density at radius 3 is 2.06 bits per heavy atom. The molecule has 2 aromatic carbocycles. The van der Waals surface area contributed by atoms with E-state index in [4.69, 9.17) is 9.47 Å². The van der Waals surface area contributed by atoms with E-state index in [1.165, 1.54) is 11.1 Å². The molecular weight excluding hydrogens is 212 g/mol. The number of benzene rings is 2. The van der Waals surface area contributed by atoms with Gasteiger partial charge in [-0.15, -0.1) is 0 Å². The van der Waals surface area contributed by atoms with E-state index in [1.54, 1.807) is 7.11 Å². The summed E-state index contributed by atoms with van der Waals surface area (Å²) in [7, 11) is 1.65. The van der Waals surface area contributed by atoms with Crippen molar-refractivity contribution < 1.29 is 9.47 Å². The van der Waals surface area contributed by atoms with E-state index in [0.717, 1.165) is 17.2 Å². The van der Waals surface area contributed by atoms with Crippen molar-refractivity contribution in [2.45, 2.75) is 13.8 Å². The Kier molecular flexibility index (Phi) is 3.33. The SMILES string of the molecule is COc1cccc(Oc2cc(C)cc(C)c2)c1. The van der Waals surface area contributed by atoms with Gasteiger partial charge in [0.05, 0.1) is 7.11 Å². The first-order valence-electron chi connectivity index (χ1n) is 5.57. The molecule has 17 heavy (non-hydrogen) atoms. The summed E-state index contributed by atoms with van der Waals surface area (Å²) in [5.74, 6) is 2.44. The highest BCUT2D eigenvalue weighted by molar-refractivity contribution is 5.39. The van der Waals surface area contributed by atoms with Crippen LogP contribution in [0.4, 0.5) is 0 Å². The summed E-state index contributed by atoms with van der Waals surface area (Å²) < 4.78 is 11.0. The van der Waals surface area contributed by atoms with Gasteiger partial charge in [0.1, 0.15) is 17.2 Å². The van der Waals surface area contributed by atoms with Gasteiger partial charge in [-0.2, -0.15) is 0 Å². The minimum absolute atomic E-state index is 0.786. The van der Waals surface area contributed by atoms with Crippen molar-refractivity contribution in [1.82, 2.24) is 0 Å². The third-order valence-corrected chi connectivity index (χ3v) is 2.47. The second-order valence-electron chi connectivity index (χ2n) is 4.10. The molecule has 0 N–H and O–H groups in total. The van der Waals surface area contributed by atoms with Gasteiger partial charge in [0.2, 0.25) is 0 Å². The Morgan fingerprint density at radius 2 is 1.41 bits per heavy atom. The topological polar surface area (TPSA) is 18.5 Å². The maximum atomic E-state index is 5.80. The number of rotatable bonds is 3. The molecule has 2 heteroatoms. The van der Waals surface area contributed by atoms with Crippen molar-refractivity contribution in [3.05, 3.63) is 53.6 Å². The predicted octanol–water partition coefficient (Wildman–Crippen LogP) is 4.10. The number of hydrogen-bond donors (Lipinski definition) is 0. The minimum atomic E-state index is 0.786. The van der Waals surface area contributed by atoms with Crippen molar-refractivity contribution in [2.24, 2.45) is 0 Å². The maximum Gasteiger partial charge on any atom is 0.131 e. The summed E-state index contributed by atoms with van der Waals surface area (Å²) in [5, 5.41) is 0. The van der Waals surface area contributed by atoms with Crippen LogP contribution in [0.3, 0.4) is 0 Å². The molecule has 0 amide bonds. The summed E-state index contributed by atoms with van der Waals surface area (Å²) in [6, 6.07) is 13.8. The molecule has 0 bridgehead atoms. The summed E-state index contributed by atoms with van der Waals surface area (Å²) >= 11 is 0. The highest BCUT2D eigenvalue weighted by Gasteiger charge is 2.00. The first-order valence-corrected chi connectivity index (χ1v) is 5.57. The Labute approximate surface area is 102 Å². The highest BCUT2D eigenvalue weighted by Crippen LogP contribution is 2.26. The summed E-state index contributed by atoms with van der Waals surface area (Å²) in [6.45, 7) is 4.12. The molecule has 0 atom stereocenters. The van der Waals surface area contributed by atoms with Crippen LogP contribution in [-0.4, -0.2) is 7.11 Å². The van der Waals surface area contributed by atoms with Gasteiger partial charge < -0.3 is 9.47 Å². The van der Waals surface area contributed by atoms with Gasteiger partial charge in [-0.1, -0.05) is 12.1 Å². The number of methoxy groups -OCH3 is 1. The number of aryl methyl sites for hydroxylation is 2. The van der Waals surface area contributed by atoms with Crippen LogP contribution in [0.2, 0.25) is 0 Å². The molecule has 0 aliphatic rings. The lowest BCUT2D eigenvalue weighted by Gasteiger charge is -2.08.